The second kappa shape index (κ2) is 8.18. The molecule has 0 radical (unpaired) electrons. The summed E-state index contributed by atoms with van der Waals surface area (Å²) in [6.45, 7) is 0.723. The minimum absolute atomic E-state index is 0.175. The molecule has 0 heterocycles. The van der Waals surface area contributed by atoms with Crippen molar-refractivity contribution in [2.24, 2.45) is 0 Å². The van der Waals surface area contributed by atoms with Crippen LogP contribution in [0.1, 0.15) is 5.56 Å². The monoisotopic (exact) mass is 304 g/mol. The molecule has 0 saturated carbocycles. The van der Waals surface area contributed by atoms with Crippen molar-refractivity contribution in [1.82, 2.24) is 0 Å². The Balaban J connectivity index is 1.82. The van der Waals surface area contributed by atoms with Gasteiger partial charge in [-0.3, -0.25) is 0 Å². The van der Waals surface area contributed by atoms with Crippen LogP contribution in [0.4, 0.5) is 4.39 Å². The Hall–Kier alpha value is -2.18. The zero-order valence-corrected chi connectivity index (χ0v) is 12.1. The number of hydrogen-bond donors (Lipinski definition) is 0. The van der Waals surface area contributed by atoms with Crippen LogP contribution in [-0.2, 0) is 0 Å². The predicted octanol–water partition coefficient (Wildman–Crippen LogP) is 3.87. The smallest absolute Gasteiger partial charge is 0.142 e. The van der Waals surface area contributed by atoms with Gasteiger partial charge in [0.1, 0.15) is 30.5 Å². The lowest BCUT2D eigenvalue weighted by atomic mass is 10.2. The van der Waals surface area contributed by atoms with Crippen LogP contribution in [0.2, 0.25) is 0 Å². The molecule has 4 heteroatoms. The number of alkyl halides is 1. The standard InChI is InChI=1S/C17H14ClFO2/c18-10-4-5-14-8-9-16(13-17(14)19)21-12-11-20-15-6-2-1-3-7-15/h1-3,6-9,13H,10-12H2. The van der Waals surface area contributed by atoms with Crippen molar-refractivity contribution in [1.29, 1.82) is 0 Å². The third-order valence-electron chi connectivity index (χ3n) is 2.59. The van der Waals surface area contributed by atoms with E-state index in [9.17, 15) is 4.39 Å². The maximum absolute atomic E-state index is 13.7. The molecule has 0 aromatic heterocycles. The van der Waals surface area contributed by atoms with Gasteiger partial charge in [0.2, 0.25) is 0 Å². The lowest BCUT2D eigenvalue weighted by Crippen LogP contribution is -2.09. The molecule has 0 atom stereocenters. The lowest BCUT2D eigenvalue weighted by Gasteiger charge is -2.08. The zero-order chi connectivity index (χ0) is 14.9. The minimum atomic E-state index is -0.422. The summed E-state index contributed by atoms with van der Waals surface area (Å²) in [4.78, 5) is 0. The molecule has 0 spiro atoms. The summed E-state index contributed by atoms with van der Waals surface area (Å²) in [5.41, 5.74) is 0.309. The fourth-order valence-corrected chi connectivity index (χ4v) is 1.72. The largest absolute Gasteiger partial charge is 0.490 e. The van der Waals surface area contributed by atoms with Gasteiger partial charge in [0.05, 0.1) is 11.4 Å². The van der Waals surface area contributed by atoms with Crippen LogP contribution in [0, 0.1) is 17.7 Å². The van der Waals surface area contributed by atoms with Crippen molar-refractivity contribution < 1.29 is 13.9 Å². The van der Waals surface area contributed by atoms with Crippen LogP contribution in [0.15, 0.2) is 48.5 Å². The van der Waals surface area contributed by atoms with Gasteiger partial charge in [-0.15, -0.1) is 11.6 Å². The van der Waals surface area contributed by atoms with Crippen LogP contribution in [-0.4, -0.2) is 19.1 Å². The summed E-state index contributed by atoms with van der Waals surface area (Å²) in [5.74, 6) is 6.23. The predicted molar refractivity (Wildman–Crippen MR) is 81.4 cm³/mol. The van der Waals surface area contributed by atoms with E-state index < -0.39 is 5.82 Å². The van der Waals surface area contributed by atoms with E-state index in [1.807, 2.05) is 30.3 Å². The van der Waals surface area contributed by atoms with Gasteiger partial charge in [-0.2, -0.15) is 0 Å². The SMILES string of the molecule is Fc1cc(OCCOc2ccccc2)ccc1C#CCCl. The van der Waals surface area contributed by atoms with Crippen LogP contribution in [0.3, 0.4) is 0 Å². The Labute approximate surface area is 128 Å². The lowest BCUT2D eigenvalue weighted by molar-refractivity contribution is 0.216. The zero-order valence-electron chi connectivity index (χ0n) is 11.3. The first-order valence-corrected chi connectivity index (χ1v) is 6.98. The first-order valence-electron chi connectivity index (χ1n) is 6.44. The summed E-state index contributed by atoms with van der Waals surface area (Å²) >= 11 is 5.44. The summed E-state index contributed by atoms with van der Waals surface area (Å²) in [6.07, 6.45) is 0. The van der Waals surface area contributed by atoms with E-state index in [-0.39, 0.29) is 5.88 Å². The molecule has 0 unspecified atom stereocenters. The highest BCUT2D eigenvalue weighted by atomic mass is 35.5. The molecule has 0 N–H and O–H groups in total. The van der Waals surface area contributed by atoms with E-state index in [0.717, 1.165) is 5.75 Å². The van der Waals surface area contributed by atoms with Gasteiger partial charge >= 0.3 is 0 Å². The normalized spacial score (nSPS) is 9.62. The van der Waals surface area contributed by atoms with Gasteiger partial charge in [0.15, 0.2) is 0 Å². The molecule has 2 aromatic carbocycles. The highest BCUT2D eigenvalue weighted by Gasteiger charge is 2.02. The second-order valence-electron chi connectivity index (χ2n) is 4.09. The van der Waals surface area contributed by atoms with Crippen molar-refractivity contribution in [3.63, 3.8) is 0 Å². The van der Waals surface area contributed by atoms with Crippen LogP contribution >= 0.6 is 11.6 Å². The molecule has 0 aliphatic carbocycles. The molecular formula is C17H14ClFO2. The highest BCUT2D eigenvalue weighted by molar-refractivity contribution is 6.19. The fraction of sp³-hybridized carbons (Fsp3) is 0.176. The fourth-order valence-electron chi connectivity index (χ4n) is 1.65. The van der Waals surface area contributed by atoms with E-state index in [0.29, 0.717) is 24.5 Å². The van der Waals surface area contributed by atoms with Crippen LogP contribution in [0.5, 0.6) is 11.5 Å². The summed E-state index contributed by atoms with van der Waals surface area (Å²) in [6, 6.07) is 14.0. The molecule has 2 nitrogen and oxygen atoms in total. The topological polar surface area (TPSA) is 18.5 Å². The maximum atomic E-state index is 13.7. The molecule has 0 saturated heterocycles. The quantitative estimate of drug-likeness (QED) is 0.474. The Bertz CT molecular complexity index is 632. The Morgan fingerprint density at radius 2 is 1.67 bits per heavy atom. The highest BCUT2D eigenvalue weighted by Crippen LogP contribution is 2.16. The Morgan fingerprint density at radius 1 is 0.952 bits per heavy atom. The van der Waals surface area contributed by atoms with Gasteiger partial charge in [0, 0.05) is 6.07 Å². The van der Waals surface area contributed by atoms with E-state index in [1.165, 1.54) is 6.07 Å². The third kappa shape index (κ3) is 5.02. The van der Waals surface area contributed by atoms with Crippen molar-refractivity contribution in [2.45, 2.75) is 0 Å². The Kier molecular flexibility index (Phi) is 5.93. The Morgan fingerprint density at radius 3 is 2.33 bits per heavy atom. The molecule has 0 aliphatic heterocycles. The van der Waals surface area contributed by atoms with E-state index >= 15 is 0 Å². The van der Waals surface area contributed by atoms with Gasteiger partial charge in [-0.25, -0.2) is 4.39 Å². The molecule has 21 heavy (non-hydrogen) atoms. The van der Waals surface area contributed by atoms with Crippen LogP contribution < -0.4 is 9.47 Å². The molecule has 0 fully saturated rings. The maximum Gasteiger partial charge on any atom is 0.142 e. The van der Waals surface area contributed by atoms with Gasteiger partial charge in [-0.05, 0) is 24.3 Å². The number of para-hydroxylation sites is 1. The summed E-state index contributed by atoms with van der Waals surface area (Å²) in [7, 11) is 0. The van der Waals surface area contributed by atoms with E-state index in [2.05, 4.69) is 11.8 Å². The molecule has 2 rings (SSSR count). The average molecular weight is 305 g/mol. The van der Waals surface area contributed by atoms with Crippen LogP contribution in [0.25, 0.3) is 0 Å². The number of hydrogen-bond acceptors (Lipinski definition) is 2. The number of halogens is 2. The number of benzene rings is 2. The molecule has 108 valence electrons. The second-order valence-corrected chi connectivity index (χ2v) is 4.35. The first-order chi connectivity index (χ1) is 10.3. The van der Waals surface area contributed by atoms with Crippen molar-refractivity contribution in [3.05, 3.63) is 59.9 Å². The van der Waals surface area contributed by atoms with E-state index in [1.54, 1.807) is 12.1 Å². The van der Waals surface area contributed by atoms with Gasteiger partial charge < -0.3 is 9.47 Å². The molecule has 2 aromatic rings. The average Bonchev–Trinajstić information content (AvgIpc) is 2.52. The molecular weight excluding hydrogens is 291 g/mol. The van der Waals surface area contributed by atoms with Crippen molar-refractivity contribution in [3.8, 4) is 23.3 Å². The van der Waals surface area contributed by atoms with E-state index in [4.69, 9.17) is 21.1 Å². The summed E-state index contributed by atoms with van der Waals surface area (Å²) in [5, 5.41) is 0. The number of rotatable bonds is 5. The summed E-state index contributed by atoms with van der Waals surface area (Å²) < 4.78 is 24.6. The number of ether oxygens (including phenoxy) is 2. The molecule has 0 amide bonds. The van der Waals surface area contributed by atoms with Crippen molar-refractivity contribution in [2.75, 3.05) is 19.1 Å². The van der Waals surface area contributed by atoms with Crippen molar-refractivity contribution >= 4 is 11.6 Å². The third-order valence-corrected chi connectivity index (χ3v) is 2.73. The van der Waals surface area contributed by atoms with Gasteiger partial charge in [0.25, 0.3) is 0 Å². The molecule has 0 bridgehead atoms. The first kappa shape index (κ1) is 15.2. The minimum Gasteiger partial charge on any atom is -0.490 e. The molecule has 0 aliphatic rings. The van der Waals surface area contributed by atoms with Gasteiger partial charge in [-0.1, -0.05) is 30.0 Å².